The van der Waals surface area contributed by atoms with Crippen molar-refractivity contribution in [3.8, 4) is 10.4 Å². The van der Waals surface area contributed by atoms with Crippen molar-refractivity contribution in [3.05, 3.63) is 51.9 Å². The fourth-order valence-electron chi connectivity index (χ4n) is 1.99. The molecule has 0 radical (unpaired) electrons. The Bertz CT molecular complexity index is 716. The van der Waals surface area contributed by atoms with Gasteiger partial charge in [-0.05, 0) is 35.9 Å². The van der Waals surface area contributed by atoms with Gasteiger partial charge in [-0.1, -0.05) is 23.7 Å². The van der Waals surface area contributed by atoms with Crippen molar-refractivity contribution in [2.75, 3.05) is 0 Å². The molecule has 0 saturated carbocycles. The SMILES string of the molecule is O=C1CC(=Cc2ccc(-c3ccc(Cl)cc3)s2)C(=O)N1. The van der Waals surface area contributed by atoms with E-state index < -0.39 is 0 Å². The fourth-order valence-corrected chi connectivity index (χ4v) is 3.10. The van der Waals surface area contributed by atoms with Gasteiger partial charge in [-0.15, -0.1) is 11.3 Å². The first-order valence-electron chi connectivity index (χ1n) is 6.02. The molecule has 1 aliphatic rings. The zero-order valence-electron chi connectivity index (χ0n) is 10.4. The van der Waals surface area contributed by atoms with Gasteiger partial charge in [0.2, 0.25) is 5.91 Å². The predicted octanol–water partition coefficient (Wildman–Crippen LogP) is 3.50. The maximum absolute atomic E-state index is 11.5. The monoisotopic (exact) mass is 303 g/mol. The quantitative estimate of drug-likeness (QED) is 0.682. The standard InChI is InChI=1S/C15H10ClNO2S/c16-11-3-1-9(2-4-11)13-6-5-12(20-13)7-10-8-14(18)17-15(10)19/h1-7H,8H2,(H,17,18,19). The highest BCUT2D eigenvalue weighted by atomic mass is 35.5. The van der Waals surface area contributed by atoms with E-state index >= 15 is 0 Å². The van der Waals surface area contributed by atoms with Gasteiger partial charge < -0.3 is 0 Å². The number of imide groups is 1. The van der Waals surface area contributed by atoms with Crippen molar-refractivity contribution in [2.24, 2.45) is 0 Å². The number of nitrogens with one attached hydrogen (secondary N) is 1. The molecule has 2 heterocycles. The molecule has 1 fully saturated rings. The zero-order chi connectivity index (χ0) is 14.1. The van der Waals surface area contributed by atoms with Gasteiger partial charge in [-0.2, -0.15) is 0 Å². The molecule has 20 heavy (non-hydrogen) atoms. The summed E-state index contributed by atoms with van der Waals surface area (Å²) in [4.78, 5) is 24.7. The Balaban J connectivity index is 1.87. The van der Waals surface area contributed by atoms with Gasteiger partial charge in [0.15, 0.2) is 0 Å². The van der Waals surface area contributed by atoms with Crippen LogP contribution in [0.15, 0.2) is 42.0 Å². The van der Waals surface area contributed by atoms with Crippen LogP contribution in [0.2, 0.25) is 5.02 Å². The Morgan fingerprint density at radius 1 is 1.10 bits per heavy atom. The van der Waals surface area contributed by atoms with Crippen LogP contribution in [-0.2, 0) is 9.59 Å². The topological polar surface area (TPSA) is 46.2 Å². The van der Waals surface area contributed by atoms with Crippen molar-refractivity contribution < 1.29 is 9.59 Å². The molecule has 1 aromatic carbocycles. The zero-order valence-corrected chi connectivity index (χ0v) is 11.9. The molecule has 1 aromatic heterocycles. The van der Waals surface area contributed by atoms with Crippen LogP contribution in [-0.4, -0.2) is 11.8 Å². The Kier molecular flexibility index (Phi) is 3.42. The maximum atomic E-state index is 11.5. The van der Waals surface area contributed by atoms with Crippen LogP contribution in [0, 0.1) is 0 Å². The molecule has 0 unspecified atom stereocenters. The van der Waals surface area contributed by atoms with Crippen molar-refractivity contribution in [3.63, 3.8) is 0 Å². The minimum Gasteiger partial charge on any atom is -0.292 e. The molecule has 5 heteroatoms. The summed E-state index contributed by atoms with van der Waals surface area (Å²) < 4.78 is 0. The highest BCUT2D eigenvalue weighted by Crippen LogP contribution is 2.30. The maximum Gasteiger partial charge on any atom is 0.254 e. The summed E-state index contributed by atoms with van der Waals surface area (Å²) >= 11 is 7.44. The number of benzene rings is 1. The predicted molar refractivity (Wildman–Crippen MR) is 80.5 cm³/mol. The molecule has 0 atom stereocenters. The highest BCUT2D eigenvalue weighted by molar-refractivity contribution is 7.16. The van der Waals surface area contributed by atoms with Crippen LogP contribution < -0.4 is 5.32 Å². The first kappa shape index (κ1) is 13.1. The first-order valence-corrected chi connectivity index (χ1v) is 7.22. The number of halogens is 1. The van der Waals surface area contributed by atoms with Gasteiger partial charge in [-0.3, -0.25) is 14.9 Å². The molecular formula is C15H10ClNO2S. The van der Waals surface area contributed by atoms with Crippen LogP contribution >= 0.6 is 22.9 Å². The fraction of sp³-hybridized carbons (Fsp3) is 0.0667. The smallest absolute Gasteiger partial charge is 0.254 e. The third kappa shape index (κ3) is 2.66. The molecule has 0 spiro atoms. The van der Waals surface area contributed by atoms with Crippen LogP contribution in [0.5, 0.6) is 0 Å². The summed E-state index contributed by atoms with van der Waals surface area (Å²) in [5.41, 5.74) is 1.59. The average Bonchev–Trinajstić information content (AvgIpc) is 2.98. The largest absolute Gasteiger partial charge is 0.292 e. The van der Waals surface area contributed by atoms with Crippen LogP contribution in [0.1, 0.15) is 11.3 Å². The molecule has 1 aliphatic heterocycles. The number of rotatable bonds is 2. The molecular weight excluding hydrogens is 294 g/mol. The van der Waals surface area contributed by atoms with E-state index in [1.165, 1.54) is 0 Å². The van der Waals surface area contributed by atoms with Crippen LogP contribution in [0.3, 0.4) is 0 Å². The first-order chi connectivity index (χ1) is 9.61. The number of hydrogen-bond acceptors (Lipinski definition) is 3. The number of carbonyl (C=O) groups is 2. The van der Waals surface area contributed by atoms with Crippen molar-refractivity contribution in [1.29, 1.82) is 0 Å². The van der Waals surface area contributed by atoms with Gasteiger partial charge in [0.1, 0.15) is 0 Å². The van der Waals surface area contributed by atoms with Gasteiger partial charge in [0.25, 0.3) is 5.91 Å². The minimum atomic E-state index is -0.295. The summed E-state index contributed by atoms with van der Waals surface area (Å²) in [6.45, 7) is 0. The lowest BCUT2D eigenvalue weighted by Crippen LogP contribution is -2.19. The number of hydrogen-bond donors (Lipinski definition) is 1. The molecule has 100 valence electrons. The molecule has 1 saturated heterocycles. The van der Waals surface area contributed by atoms with E-state index in [2.05, 4.69) is 5.32 Å². The van der Waals surface area contributed by atoms with E-state index in [1.807, 2.05) is 36.4 Å². The second-order valence-electron chi connectivity index (χ2n) is 4.43. The van der Waals surface area contributed by atoms with Gasteiger partial charge >= 0.3 is 0 Å². The summed E-state index contributed by atoms with van der Waals surface area (Å²) in [5, 5.41) is 2.98. The van der Waals surface area contributed by atoms with Crippen molar-refractivity contribution in [1.82, 2.24) is 5.32 Å². The molecule has 0 aliphatic carbocycles. The van der Waals surface area contributed by atoms with Crippen LogP contribution in [0.4, 0.5) is 0 Å². The molecule has 1 N–H and O–H groups in total. The Morgan fingerprint density at radius 3 is 2.50 bits per heavy atom. The minimum absolute atomic E-state index is 0.160. The Labute approximate surface area is 124 Å². The third-order valence-corrected chi connectivity index (χ3v) is 4.30. The van der Waals surface area contributed by atoms with Gasteiger partial charge in [0.05, 0.1) is 6.42 Å². The normalized spacial score (nSPS) is 16.8. The lowest BCUT2D eigenvalue weighted by Gasteiger charge is -1.96. The Morgan fingerprint density at radius 2 is 1.85 bits per heavy atom. The number of carbonyl (C=O) groups excluding carboxylic acids is 2. The van der Waals surface area contributed by atoms with Crippen molar-refractivity contribution in [2.45, 2.75) is 6.42 Å². The summed E-state index contributed by atoms with van der Waals surface area (Å²) in [6, 6.07) is 11.5. The van der Waals surface area contributed by atoms with E-state index in [9.17, 15) is 9.59 Å². The summed E-state index contributed by atoms with van der Waals surface area (Å²) in [7, 11) is 0. The van der Waals surface area contributed by atoms with Gasteiger partial charge in [0, 0.05) is 20.4 Å². The van der Waals surface area contributed by atoms with E-state index in [-0.39, 0.29) is 18.2 Å². The highest BCUT2D eigenvalue weighted by Gasteiger charge is 2.23. The summed E-state index contributed by atoms with van der Waals surface area (Å²) in [5.74, 6) is -0.535. The third-order valence-electron chi connectivity index (χ3n) is 2.97. The van der Waals surface area contributed by atoms with E-state index in [0.29, 0.717) is 10.6 Å². The molecule has 3 rings (SSSR count). The van der Waals surface area contributed by atoms with E-state index in [1.54, 1.807) is 17.4 Å². The molecule has 2 amide bonds. The average molecular weight is 304 g/mol. The second-order valence-corrected chi connectivity index (χ2v) is 5.98. The molecule has 3 nitrogen and oxygen atoms in total. The Hall–Kier alpha value is -1.91. The summed E-state index contributed by atoms with van der Waals surface area (Å²) in [6.07, 6.45) is 1.93. The van der Waals surface area contributed by atoms with Gasteiger partial charge in [-0.25, -0.2) is 0 Å². The molecule has 0 bridgehead atoms. The molecule has 2 aromatic rings. The lowest BCUT2D eigenvalue weighted by atomic mass is 10.2. The second kappa shape index (κ2) is 5.23. The van der Waals surface area contributed by atoms with E-state index in [4.69, 9.17) is 11.6 Å². The lowest BCUT2D eigenvalue weighted by molar-refractivity contribution is -0.124. The number of thiophene rings is 1. The van der Waals surface area contributed by atoms with Crippen LogP contribution in [0.25, 0.3) is 16.5 Å². The van der Waals surface area contributed by atoms with Crippen molar-refractivity contribution >= 4 is 40.8 Å². The number of amides is 2. The van der Waals surface area contributed by atoms with E-state index in [0.717, 1.165) is 15.3 Å².